The summed E-state index contributed by atoms with van der Waals surface area (Å²) in [5.74, 6) is -0.485. The molecule has 2 aromatic carbocycles. The molecule has 138 valence electrons. The summed E-state index contributed by atoms with van der Waals surface area (Å²) < 4.78 is 39.5. The van der Waals surface area contributed by atoms with Crippen LogP contribution in [0.5, 0.6) is 0 Å². The first kappa shape index (κ1) is 18.3. The predicted octanol–water partition coefficient (Wildman–Crippen LogP) is 2.67. The Morgan fingerprint density at radius 3 is 2.23 bits per heavy atom. The summed E-state index contributed by atoms with van der Waals surface area (Å²) in [4.78, 5) is 14.0. The number of hydrogen-bond acceptors (Lipinski definition) is 3. The molecule has 0 saturated carbocycles. The van der Waals surface area contributed by atoms with Gasteiger partial charge in [0, 0.05) is 31.9 Å². The molecule has 1 saturated heterocycles. The minimum atomic E-state index is -3.69. The molecule has 0 aromatic heterocycles. The molecule has 2 amide bonds. The lowest BCUT2D eigenvalue weighted by Gasteiger charge is -2.34. The van der Waals surface area contributed by atoms with Crippen molar-refractivity contribution in [2.75, 3.05) is 31.5 Å². The summed E-state index contributed by atoms with van der Waals surface area (Å²) in [5.41, 5.74) is 1.69. The first-order chi connectivity index (χ1) is 12.4. The number of carbonyl (C=O) groups is 1. The molecule has 0 radical (unpaired) electrons. The van der Waals surface area contributed by atoms with Crippen LogP contribution in [-0.2, 0) is 10.0 Å². The second kappa shape index (κ2) is 7.43. The number of sulfonamides is 1. The summed E-state index contributed by atoms with van der Waals surface area (Å²) in [5, 5.41) is 2.85. The molecule has 2 aromatic rings. The highest BCUT2D eigenvalue weighted by Gasteiger charge is 2.30. The van der Waals surface area contributed by atoms with Gasteiger partial charge in [-0.25, -0.2) is 17.6 Å². The van der Waals surface area contributed by atoms with Crippen molar-refractivity contribution in [3.05, 3.63) is 59.9 Å². The Morgan fingerprint density at radius 2 is 1.62 bits per heavy atom. The fraction of sp³-hybridized carbons (Fsp3) is 0.278. The Bertz CT molecular complexity index is 892. The standard InChI is InChI=1S/C18H20FN3O3S/c1-14-4-2-3-5-17(14)20-18(23)21-10-12-22(13-11-21)26(24,25)16-8-6-15(19)7-9-16/h2-9H,10-13H2,1H3,(H,20,23). The van der Waals surface area contributed by atoms with E-state index >= 15 is 0 Å². The first-order valence-electron chi connectivity index (χ1n) is 8.25. The number of hydrogen-bond donors (Lipinski definition) is 1. The number of piperazine rings is 1. The molecule has 3 rings (SSSR count). The highest BCUT2D eigenvalue weighted by atomic mass is 32.2. The Labute approximate surface area is 152 Å². The molecule has 0 atom stereocenters. The van der Waals surface area contributed by atoms with Crippen LogP contribution in [0.25, 0.3) is 0 Å². The lowest BCUT2D eigenvalue weighted by Crippen LogP contribution is -2.51. The van der Waals surface area contributed by atoms with Crippen molar-refractivity contribution in [3.8, 4) is 0 Å². The number of amides is 2. The SMILES string of the molecule is Cc1ccccc1NC(=O)N1CCN(S(=O)(=O)c2ccc(F)cc2)CC1. The minimum Gasteiger partial charge on any atom is -0.322 e. The van der Waals surface area contributed by atoms with Crippen molar-refractivity contribution in [3.63, 3.8) is 0 Å². The third-order valence-corrected chi connectivity index (χ3v) is 6.28. The van der Waals surface area contributed by atoms with Gasteiger partial charge in [-0.15, -0.1) is 0 Å². The van der Waals surface area contributed by atoms with Gasteiger partial charge >= 0.3 is 6.03 Å². The quantitative estimate of drug-likeness (QED) is 0.894. The van der Waals surface area contributed by atoms with Crippen LogP contribution in [0.2, 0.25) is 0 Å². The molecule has 0 unspecified atom stereocenters. The maximum Gasteiger partial charge on any atom is 0.321 e. The van der Waals surface area contributed by atoms with Gasteiger partial charge in [0.1, 0.15) is 5.82 Å². The third kappa shape index (κ3) is 3.86. The van der Waals surface area contributed by atoms with E-state index in [4.69, 9.17) is 0 Å². The summed E-state index contributed by atoms with van der Waals surface area (Å²) in [6.45, 7) is 2.88. The second-order valence-corrected chi connectivity index (χ2v) is 8.03. The zero-order valence-electron chi connectivity index (χ0n) is 14.4. The normalized spacial score (nSPS) is 15.7. The number of nitrogens with zero attached hydrogens (tertiary/aromatic N) is 2. The highest BCUT2D eigenvalue weighted by molar-refractivity contribution is 7.89. The molecule has 0 aliphatic carbocycles. The summed E-state index contributed by atoms with van der Waals surface area (Å²) in [6.07, 6.45) is 0. The second-order valence-electron chi connectivity index (χ2n) is 6.09. The lowest BCUT2D eigenvalue weighted by atomic mass is 10.2. The maximum atomic E-state index is 13.0. The topological polar surface area (TPSA) is 69.7 Å². The van der Waals surface area contributed by atoms with Crippen LogP contribution in [0.4, 0.5) is 14.9 Å². The largest absolute Gasteiger partial charge is 0.322 e. The number of urea groups is 1. The third-order valence-electron chi connectivity index (χ3n) is 4.36. The molecule has 0 spiro atoms. The van der Waals surface area contributed by atoms with Gasteiger partial charge in [-0.1, -0.05) is 18.2 Å². The predicted molar refractivity (Wildman–Crippen MR) is 96.9 cm³/mol. The van der Waals surface area contributed by atoms with E-state index < -0.39 is 15.8 Å². The maximum absolute atomic E-state index is 13.0. The zero-order chi connectivity index (χ0) is 18.7. The van der Waals surface area contributed by atoms with Crippen LogP contribution in [0.3, 0.4) is 0 Å². The fourth-order valence-electron chi connectivity index (χ4n) is 2.79. The molecular weight excluding hydrogens is 357 g/mol. The van der Waals surface area contributed by atoms with Crippen molar-refractivity contribution in [2.45, 2.75) is 11.8 Å². The number of anilines is 1. The average molecular weight is 377 g/mol. The number of halogens is 1. The molecule has 6 nitrogen and oxygen atoms in total. The van der Waals surface area contributed by atoms with Gasteiger partial charge in [0.05, 0.1) is 4.90 Å². The number of carbonyl (C=O) groups excluding carboxylic acids is 1. The van der Waals surface area contributed by atoms with E-state index in [1.807, 2.05) is 31.2 Å². The zero-order valence-corrected chi connectivity index (χ0v) is 15.2. The van der Waals surface area contributed by atoms with Gasteiger partial charge in [0.2, 0.25) is 10.0 Å². The van der Waals surface area contributed by atoms with Crippen LogP contribution in [0, 0.1) is 12.7 Å². The van der Waals surface area contributed by atoms with Gasteiger partial charge in [-0.2, -0.15) is 4.31 Å². The minimum absolute atomic E-state index is 0.0525. The van der Waals surface area contributed by atoms with E-state index in [0.717, 1.165) is 23.4 Å². The van der Waals surface area contributed by atoms with E-state index in [0.29, 0.717) is 0 Å². The molecule has 1 heterocycles. The number of benzene rings is 2. The Kier molecular flexibility index (Phi) is 5.24. The van der Waals surface area contributed by atoms with E-state index in [-0.39, 0.29) is 37.1 Å². The van der Waals surface area contributed by atoms with E-state index in [1.54, 1.807) is 4.90 Å². The van der Waals surface area contributed by atoms with Gasteiger partial charge in [0.25, 0.3) is 0 Å². The summed E-state index contributed by atoms with van der Waals surface area (Å²) in [6, 6.07) is 12.0. The van der Waals surface area contributed by atoms with Gasteiger partial charge in [-0.05, 0) is 42.8 Å². The van der Waals surface area contributed by atoms with Gasteiger partial charge in [0.15, 0.2) is 0 Å². The Balaban J connectivity index is 1.62. The number of rotatable bonds is 3. The molecular formula is C18H20FN3O3S. The number of nitrogens with one attached hydrogen (secondary N) is 1. The monoisotopic (exact) mass is 377 g/mol. The Morgan fingerprint density at radius 1 is 1.00 bits per heavy atom. The summed E-state index contributed by atoms with van der Waals surface area (Å²) in [7, 11) is -3.69. The molecule has 1 aliphatic heterocycles. The van der Waals surface area contributed by atoms with Crippen molar-refractivity contribution >= 4 is 21.7 Å². The van der Waals surface area contributed by atoms with Crippen LogP contribution >= 0.6 is 0 Å². The van der Waals surface area contributed by atoms with Crippen LogP contribution < -0.4 is 5.32 Å². The molecule has 1 aliphatic rings. The van der Waals surface area contributed by atoms with Crippen LogP contribution in [0.15, 0.2) is 53.4 Å². The van der Waals surface area contributed by atoms with Crippen molar-refractivity contribution < 1.29 is 17.6 Å². The fourth-order valence-corrected chi connectivity index (χ4v) is 4.22. The molecule has 1 N–H and O–H groups in total. The van der Waals surface area contributed by atoms with Crippen molar-refractivity contribution in [1.82, 2.24) is 9.21 Å². The smallest absolute Gasteiger partial charge is 0.321 e. The van der Waals surface area contributed by atoms with E-state index in [1.165, 1.54) is 16.4 Å². The molecule has 0 bridgehead atoms. The van der Waals surface area contributed by atoms with Crippen molar-refractivity contribution in [1.29, 1.82) is 0 Å². The molecule has 1 fully saturated rings. The number of aryl methyl sites for hydroxylation is 1. The van der Waals surface area contributed by atoms with Crippen LogP contribution in [-0.4, -0.2) is 49.8 Å². The van der Waals surface area contributed by atoms with Gasteiger partial charge in [-0.3, -0.25) is 0 Å². The summed E-state index contributed by atoms with van der Waals surface area (Å²) >= 11 is 0. The lowest BCUT2D eigenvalue weighted by molar-refractivity contribution is 0.184. The molecule has 26 heavy (non-hydrogen) atoms. The van der Waals surface area contributed by atoms with E-state index in [2.05, 4.69) is 5.32 Å². The van der Waals surface area contributed by atoms with Crippen molar-refractivity contribution in [2.24, 2.45) is 0 Å². The first-order valence-corrected chi connectivity index (χ1v) is 9.69. The van der Waals surface area contributed by atoms with Gasteiger partial charge < -0.3 is 10.2 Å². The average Bonchev–Trinajstić information content (AvgIpc) is 2.64. The highest BCUT2D eigenvalue weighted by Crippen LogP contribution is 2.19. The van der Waals surface area contributed by atoms with Crippen LogP contribution in [0.1, 0.15) is 5.56 Å². The van der Waals surface area contributed by atoms with E-state index in [9.17, 15) is 17.6 Å². The Hall–Kier alpha value is -2.45. The number of para-hydroxylation sites is 1. The molecule has 8 heteroatoms.